The number of fused-ring (bicyclic) bond motifs is 1. The van der Waals surface area contributed by atoms with Gasteiger partial charge in [-0.2, -0.15) is 5.10 Å². The number of thioether (sulfide) groups is 1. The molecule has 2 aromatic carbocycles. The Bertz CT molecular complexity index is 1060. The van der Waals surface area contributed by atoms with Crippen LogP contribution in [0.25, 0.3) is 11.3 Å². The van der Waals surface area contributed by atoms with Gasteiger partial charge in [0, 0.05) is 27.6 Å². The Morgan fingerprint density at radius 3 is 2.67 bits per heavy atom. The van der Waals surface area contributed by atoms with Gasteiger partial charge in [-0.1, -0.05) is 43.5 Å². The first-order valence-electron chi connectivity index (χ1n) is 10.1. The minimum atomic E-state index is -0.257. The van der Waals surface area contributed by atoms with Gasteiger partial charge in [-0.05, 0) is 48.6 Å². The quantitative estimate of drug-likeness (QED) is 0.354. The van der Waals surface area contributed by atoms with Crippen molar-refractivity contribution in [2.75, 3.05) is 12.8 Å². The van der Waals surface area contributed by atoms with E-state index in [1.165, 1.54) is 4.90 Å². The van der Waals surface area contributed by atoms with Crippen molar-refractivity contribution in [3.8, 4) is 17.0 Å². The molecule has 0 fully saturated rings. The van der Waals surface area contributed by atoms with Gasteiger partial charge in [-0.25, -0.2) is 0 Å². The van der Waals surface area contributed by atoms with Gasteiger partial charge < -0.3 is 10.0 Å². The van der Waals surface area contributed by atoms with Gasteiger partial charge in [0.2, 0.25) is 0 Å². The number of hydrogen-bond donors (Lipinski definition) is 2. The van der Waals surface area contributed by atoms with Crippen LogP contribution in [0.1, 0.15) is 53.8 Å². The number of hydrogen-bond acceptors (Lipinski definition) is 4. The van der Waals surface area contributed by atoms with Crippen molar-refractivity contribution in [3.63, 3.8) is 0 Å². The molecule has 156 valence electrons. The van der Waals surface area contributed by atoms with E-state index in [4.69, 9.17) is 11.6 Å². The Morgan fingerprint density at radius 1 is 1.20 bits per heavy atom. The predicted molar refractivity (Wildman–Crippen MR) is 121 cm³/mol. The molecule has 0 bridgehead atoms. The monoisotopic (exact) mass is 441 g/mol. The van der Waals surface area contributed by atoms with Gasteiger partial charge in [0.25, 0.3) is 5.91 Å². The highest BCUT2D eigenvalue weighted by Gasteiger charge is 2.42. The van der Waals surface area contributed by atoms with E-state index in [1.54, 1.807) is 30.0 Å². The van der Waals surface area contributed by atoms with Gasteiger partial charge in [0.15, 0.2) is 0 Å². The predicted octanol–water partition coefficient (Wildman–Crippen LogP) is 5.89. The zero-order valence-electron chi connectivity index (χ0n) is 17.0. The van der Waals surface area contributed by atoms with Crippen LogP contribution in [0.15, 0.2) is 47.4 Å². The fourth-order valence-corrected chi connectivity index (χ4v) is 4.58. The third-order valence-electron chi connectivity index (χ3n) is 5.51. The third kappa shape index (κ3) is 3.70. The molecular weight excluding hydrogens is 418 g/mol. The van der Waals surface area contributed by atoms with Crippen molar-refractivity contribution in [1.82, 2.24) is 15.1 Å². The minimum Gasteiger partial charge on any atom is -0.507 e. The molecule has 0 radical (unpaired) electrons. The number of halogens is 1. The third-order valence-corrected chi connectivity index (χ3v) is 6.49. The molecule has 3 aromatic rings. The molecule has 1 atom stereocenters. The molecule has 1 amide bonds. The average Bonchev–Trinajstić information content (AvgIpc) is 3.29. The van der Waals surface area contributed by atoms with E-state index in [2.05, 4.69) is 41.4 Å². The van der Waals surface area contributed by atoms with Crippen molar-refractivity contribution in [3.05, 3.63) is 64.3 Å². The lowest BCUT2D eigenvalue weighted by molar-refractivity contribution is 0.0740. The molecule has 1 aliphatic rings. The number of phenols is 1. The van der Waals surface area contributed by atoms with E-state index < -0.39 is 0 Å². The summed E-state index contributed by atoms with van der Waals surface area (Å²) in [6.07, 6.45) is 5.14. The molecule has 0 saturated heterocycles. The van der Waals surface area contributed by atoms with Crippen LogP contribution in [0.3, 0.4) is 0 Å². The van der Waals surface area contributed by atoms with E-state index in [9.17, 15) is 9.90 Å². The second-order valence-electron chi connectivity index (χ2n) is 7.40. The molecule has 5 nitrogen and oxygen atoms in total. The van der Waals surface area contributed by atoms with E-state index in [0.29, 0.717) is 28.5 Å². The molecule has 0 aliphatic carbocycles. The zero-order chi connectivity index (χ0) is 21.3. The average molecular weight is 442 g/mol. The number of aromatic amines is 1. The van der Waals surface area contributed by atoms with Crippen LogP contribution in [-0.2, 0) is 0 Å². The van der Waals surface area contributed by atoms with Crippen molar-refractivity contribution in [2.45, 2.75) is 37.1 Å². The van der Waals surface area contributed by atoms with Crippen molar-refractivity contribution in [2.24, 2.45) is 0 Å². The van der Waals surface area contributed by atoms with Crippen molar-refractivity contribution < 1.29 is 9.90 Å². The van der Waals surface area contributed by atoms with Crippen molar-refractivity contribution in [1.29, 1.82) is 0 Å². The first-order valence-corrected chi connectivity index (χ1v) is 11.7. The zero-order valence-corrected chi connectivity index (χ0v) is 18.6. The summed E-state index contributed by atoms with van der Waals surface area (Å²) < 4.78 is 0. The number of benzene rings is 2. The number of carbonyl (C=O) groups is 1. The van der Waals surface area contributed by atoms with E-state index >= 15 is 0 Å². The summed E-state index contributed by atoms with van der Waals surface area (Å²) in [4.78, 5) is 16.3. The number of H-pyrrole nitrogens is 1. The highest BCUT2D eigenvalue weighted by atomic mass is 35.5. The van der Waals surface area contributed by atoms with Gasteiger partial charge >= 0.3 is 0 Å². The molecule has 0 saturated carbocycles. The van der Waals surface area contributed by atoms with Gasteiger partial charge in [0.05, 0.1) is 6.04 Å². The number of unbranched alkanes of at least 4 members (excludes halogenated alkanes) is 2. The fourth-order valence-electron chi connectivity index (χ4n) is 4.00. The Labute approximate surface area is 185 Å². The minimum absolute atomic E-state index is 0.0553. The smallest absolute Gasteiger partial charge is 0.273 e. The standard InChI is InChI=1S/C23H24ClN3O2S/c1-3-4-5-12-27-22(14-6-9-16(30-2)10-7-14)19-20(25-26-21(19)23(27)29)17-13-15(24)8-11-18(17)28/h6-11,13,22,28H,3-5,12H2,1-2H3,(H,25,26). The number of phenolic OH excluding ortho intramolecular Hbond substituents is 1. The molecule has 4 rings (SSSR count). The fraction of sp³-hybridized carbons (Fsp3) is 0.304. The largest absolute Gasteiger partial charge is 0.507 e. The summed E-state index contributed by atoms with van der Waals surface area (Å²) in [6.45, 7) is 2.82. The SMILES string of the molecule is CCCCCN1C(=O)c2[nH]nc(-c3cc(Cl)ccc3O)c2C1c1ccc(SC)cc1. The van der Waals surface area contributed by atoms with E-state index in [1.807, 2.05) is 11.2 Å². The first kappa shape index (κ1) is 20.8. The molecule has 1 aromatic heterocycles. The maximum Gasteiger partial charge on any atom is 0.273 e. The molecule has 30 heavy (non-hydrogen) atoms. The van der Waals surface area contributed by atoms with Crippen LogP contribution in [0.5, 0.6) is 5.75 Å². The highest BCUT2D eigenvalue weighted by Crippen LogP contribution is 2.45. The molecule has 1 aliphatic heterocycles. The van der Waals surface area contributed by atoms with Gasteiger partial charge in [-0.15, -0.1) is 11.8 Å². The summed E-state index contributed by atoms with van der Waals surface area (Å²) in [5, 5.41) is 18.3. The Kier molecular flexibility index (Phi) is 6.06. The van der Waals surface area contributed by atoms with Gasteiger partial charge in [-0.3, -0.25) is 9.89 Å². The Morgan fingerprint density at radius 2 is 1.97 bits per heavy atom. The lowest BCUT2D eigenvalue weighted by Crippen LogP contribution is -2.30. The van der Waals surface area contributed by atoms with Crippen LogP contribution < -0.4 is 0 Å². The summed E-state index contributed by atoms with van der Waals surface area (Å²) in [7, 11) is 0. The molecule has 1 unspecified atom stereocenters. The molecule has 0 spiro atoms. The second-order valence-corrected chi connectivity index (χ2v) is 8.72. The molecule has 7 heteroatoms. The van der Waals surface area contributed by atoms with Crippen LogP contribution in [0.4, 0.5) is 0 Å². The number of aromatic hydroxyl groups is 1. The molecule has 2 heterocycles. The Hall–Kier alpha value is -2.44. The molecule has 2 N–H and O–H groups in total. The summed E-state index contributed by atoms with van der Waals surface area (Å²) >= 11 is 7.87. The number of amides is 1. The summed E-state index contributed by atoms with van der Waals surface area (Å²) in [5.74, 6) is 0.0300. The number of nitrogens with zero attached hydrogens (tertiary/aromatic N) is 2. The van der Waals surface area contributed by atoms with Crippen LogP contribution in [0.2, 0.25) is 5.02 Å². The summed E-state index contributed by atoms with van der Waals surface area (Å²) in [6, 6.07) is 12.9. The maximum atomic E-state index is 13.3. The molecular formula is C23H24ClN3O2S. The lowest BCUT2D eigenvalue weighted by Gasteiger charge is -2.26. The van der Waals surface area contributed by atoms with Crippen LogP contribution >= 0.6 is 23.4 Å². The lowest BCUT2D eigenvalue weighted by atomic mass is 9.95. The van der Waals surface area contributed by atoms with E-state index in [-0.39, 0.29) is 17.7 Å². The number of aromatic nitrogens is 2. The van der Waals surface area contributed by atoms with Crippen molar-refractivity contribution >= 4 is 29.3 Å². The normalized spacial score (nSPS) is 15.6. The van der Waals surface area contributed by atoms with Crippen LogP contribution in [-0.4, -0.2) is 38.9 Å². The number of rotatable bonds is 7. The number of carbonyl (C=O) groups excluding carboxylic acids is 1. The Balaban J connectivity index is 1.84. The number of nitrogens with one attached hydrogen (secondary N) is 1. The maximum absolute atomic E-state index is 13.3. The second kappa shape index (κ2) is 8.74. The van der Waals surface area contributed by atoms with E-state index in [0.717, 1.165) is 30.4 Å². The summed E-state index contributed by atoms with van der Waals surface area (Å²) in [5.41, 5.74) is 3.40. The topological polar surface area (TPSA) is 69.2 Å². The van der Waals surface area contributed by atoms with Crippen LogP contribution in [0, 0.1) is 0 Å². The highest BCUT2D eigenvalue weighted by molar-refractivity contribution is 7.98. The van der Waals surface area contributed by atoms with Gasteiger partial charge in [0.1, 0.15) is 17.1 Å². The first-order chi connectivity index (χ1) is 14.5.